The lowest BCUT2D eigenvalue weighted by atomic mass is 9.98. The highest BCUT2D eigenvalue weighted by molar-refractivity contribution is 5.89. The first-order valence-corrected chi connectivity index (χ1v) is 8.56. The topological polar surface area (TPSA) is 9.23 Å². The standard InChI is InChI=1S/C22H18F4O/c1-2-3-4-5-14-6-9-17(19(23)12-14)15-7-10-18-16(13-15)8-11-20(21(18)24)27-22(25)26/h2-3,6-13,22H,4-5H2,1H3/b3-2+. The molecule has 0 N–H and O–H groups in total. The highest BCUT2D eigenvalue weighted by atomic mass is 19.3. The maximum Gasteiger partial charge on any atom is 0.387 e. The lowest BCUT2D eigenvalue weighted by Crippen LogP contribution is -2.03. The van der Waals surface area contributed by atoms with Crippen molar-refractivity contribution in [3.63, 3.8) is 0 Å². The average Bonchev–Trinajstić information content (AvgIpc) is 2.64. The van der Waals surface area contributed by atoms with Crippen LogP contribution in [0.15, 0.2) is 60.7 Å². The number of benzene rings is 3. The lowest BCUT2D eigenvalue weighted by molar-refractivity contribution is -0.0520. The minimum atomic E-state index is -3.10. The zero-order valence-corrected chi connectivity index (χ0v) is 14.7. The van der Waals surface area contributed by atoms with Crippen LogP contribution >= 0.6 is 0 Å². The molecule has 5 heteroatoms. The van der Waals surface area contributed by atoms with Gasteiger partial charge >= 0.3 is 6.61 Å². The third-order valence-electron chi connectivity index (χ3n) is 4.31. The molecule has 3 rings (SSSR count). The molecule has 0 spiro atoms. The second-order valence-corrected chi connectivity index (χ2v) is 6.11. The first kappa shape index (κ1) is 19.0. The summed E-state index contributed by atoms with van der Waals surface area (Å²) in [4.78, 5) is 0. The molecule has 140 valence electrons. The Hall–Kier alpha value is -2.82. The molecule has 3 aromatic carbocycles. The van der Waals surface area contributed by atoms with Crippen LogP contribution in [0.2, 0.25) is 0 Å². The molecule has 0 amide bonds. The van der Waals surface area contributed by atoms with E-state index in [-0.39, 0.29) is 11.2 Å². The predicted molar refractivity (Wildman–Crippen MR) is 99.1 cm³/mol. The number of aryl methyl sites for hydroxylation is 1. The van der Waals surface area contributed by atoms with Crippen LogP contribution in [-0.2, 0) is 6.42 Å². The van der Waals surface area contributed by atoms with Crippen LogP contribution in [0, 0.1) is 11.6 Å². The van der Waals surface area contributed by atoms with Gasteiger partial charge in [-0.15, -0.1) is 0 Å². The molecule has 3 aromatic rings. The van der Waals surface area contributed by atoms with E-state index in [1.807, 2.05) is 25.1 Å². The van der Waals surface area contributed by atoms with Gasteiger partial charge in [-0.1, -0.05) is 42.5 Å². The Kier molecular flexibility index (Phi) is 5.79. The fourth-order valence-electron chi connectivity index (χ4n) is 2.99. The third-order valence-corrected chi connectivity index (χ3v) is 4.31. The highest BCUT2D eigenvalue weighted by Crippen LogP contribution is 2.32. The molecule has 0 bridgehead atoms. The number of hydrogen-bond acceptors (Lipinski definition) is 1. The minimum absolute atomic E-state index is 0.139. The molecule has 27 heavy (non-hydrogen) atoms. The van der Waals surface area contributed by atoms with Gasteiger partial charge in [0.05, 0.1) is 0 Å². The van der Waals surface area contributed by atoms with E-state index in [0.29, 0.717) is 16.5 Å². The Bertz CT molecular complexity index is 979. The van der Waals surface area contributed by atoms with Crippen molar-refractivity contribution in [3.05, 3.63) is 77.9 Å². The van der Waals surface area contributed by atoms with E-state index in [4.69, 9.17) is 0 Å². The van der Waals surface area contributed by atoms with Gasteiger partial charge in [0.15, 0.2) is 11.6 Å². The molecule has 0 saturated heterocycles. The molecule has 0 heterocycles. The highest BCUT2D eigenvalue weighted by Gasteiger charge is 2.14. The first-order valence-electron chi connectivity index (χ1n) is 8.56. The SMILES string of the molecule is C/C=C/CCc1ccc(-c2ccc3c(F)c(OC(F)F)ccc3c2)c(F)c1. The summed E-state index contributed by atoms with van der Waals surface area (Å²) < 4.78 is 57.7. The van der Waals surface area contributed by atoms with Crippen molar-refractivity contribution in [1.82, 2.24) is 0 Å². The minimum Gasteiger partial charge on any atom is -0.432 e. The van der Waals surface area contributed by atoms with E-state index in [2.05, 4.69) is 4.74 Å². The smallest absolute Gasteiger partial charge is 0.387 e. The van der Waals surface area contributed by atoms with E-state index < -0.39 is 18.2 Å². The maximum absolute atomic E-state index is 14.5. The van der Waals surface area contributed by atoms with E-state index in [1.54, 1.807) is 18.2 Å². The van der Waals surface area contributed by atoms with Gasteiger partial charge in [-0.2, -0.15) is 8.78 Å². The van der Waals surface area contributed by atoms with E-state index >= 15 is 0 Å². The summed E-state index contributed by atoms with van der Waals surface area (Å²) in [7, 11) is 0. The lowest BCUT2D eigenvalue weighted by Gasteiger charge is -2.10. The average molecular weight is 374 g/mol. The quantitative estimate of drug-likeness (QED) is 0.337. The van der Waals surface area contributed by atoms with Gasteiger partial charge in [0.1, 0.15) is 5.82 Å². The normalized spacial score (nSPS) is 11.6. The van der Waals surface area contributed by atoms with E-state index in [0.717, 1.165) is 24.5 Å². The van der Waals surface area contributed by atoms with Crippen molar-refractivity contribution in [2.45, 2.75) is 26.4 Å². The number of ether oxygens (including phenoxy) is 1. The zero-order valence-electron chi connectivity index (χ0n) is 14.7. The Labute approximate surface area is 154 Å². The van der Waals surface area contributed by atoms with E-state index in [1.165, 1.54) is 18.2 Å². The first-order chi connectivity index (χ1) is 13.0. The number of halogens is 4. The summed E-state index contributed by atoms with van der Waals surface area (Å²) >= 11 is 0. The second kappa shape index (κ2) is 8.25. The van der Waals surface area contributed by atoms with Crippen LogP contribution in [0.5, 0.6) is 5.75 Å². The molecule has 0 aliphatic heterocycles. The molecular formula is C22H18F4O. The summed E-state index contributed by atoms with van der Waals surface area (Å²) in [6.45, 7) is -1.16. The van der Waals surface area contributed by atoms with Crippen LogP contribution in [0.25, 0.3) is 21.9 Å². The molecule has 0 aliphatic carbocycles. The monoisotopic (exact) mass is 374 g/mol. The Morgan fingerprint density at radius 3 is 2.52 bits per heavy atom. The van der Waals surface area contributed by atoms with Crippen LogP contribution in [-0.4, -0.2) is 6.61 Å². The second-order valence-electron chi connectivity index (χ2n) is 6.11. The van der Waals surface area contributed by atoms with Crippen molar-refractivity contribution >= 4 is 10.8 Å². The molecule has 0 radical (unpaired) electrons. The molecular weight excluding hydrogens is 356 g/mol. The molecule has 0 aliphatic rings. The molecule has 1 nitrogen and oxygen atoms in total. The van der Waals surface area contributed by atoms with Crippen LogP contribution in [0.3, 0.4) is 0 Å². The number of fused-ring (bicyclic) bond motifs is 1. The van der Waals surface area contributed by atoms with Crippen LogP contribution in [0.1, 0.15) is 18.9 Å². The summed E-state index contributed by atoms with van der Waals surface area (Å²) in [5.41, 5.74) is 1.89. The summed E-state index contributed by atoms with van der Waals surface area (Å²) in [6, 6.07) is 12.3. The molecule has 0 unspecified atom stereocenters. The van der Waals surface area contributed by atoms with Gasteiger partial charge in [-0.25, -0.2) is 8.78 Å². The van der Waals surface area contributed by atoms with Gasteiger partial charge in [0.25, 0.3) is 0 Å². The molecule has 0 saturated carbocycles. The number of rotatable bonds is 6. The fourth-order valence-corrected chi connectivity index (χ4v) is 2.99. The van der Waals surface area contributed by atoms with Crippen molar-refractivity contribution < 1.29 is 22.3 Å². The van der Waals surface area contributed by atoms with Gasteiger partial charge in [0, 0.05) is 10.9 Å². The zero-order chi connectivity index (χ0) is 19.4. The Morgan fingerprint density at radius 1 is 1.00 bits per heavy atom. The molecule has 0 fully saturated rings. The maximum atomic E-state index is 14.5. The summed E-state index contributed by atoms with van der Waals surface area (Å²) in [5, 5.41) is 0.614. The van der Waals surface area contributed by atoms with Gasteiger partial charge in [-0.05, 0) is 54.5 Å². The Balaban J connectivity index is 1.93. The van der Waals surface area contributed by atoms with Gasteiger partial charge in [0.2, 0.25) is 0 Å². The van der Waals surface area contributed by atoms with Gasteiger partial charge in [-0.3, -0.25) is 0 Å². The van der Waals surface area contributed by atoms with Crippen molar-refractivity contribution in [2.75, 3.05) is 0 Å². The number of alkyl halides is 2. The number of allylic oxidation sites excluding steroid dienone is 2. The Morgan fingerprint density at radius 2 is 1.81 bits per heavy atom. The molecule has 0 atom stereocenters. The van der Waals surface area contributed by atoms with Crippen LogP contribution in [0.4, 0.5) is 17.6 Å². The van der Waals surface area contributed by atoms with Crippen molar-refractivity contribution in [3.8, 4) is 16.9 Å². The van der Waals surface area contributed by atoms with Crippen LogP contribution < -0.4 is 4.74 Å². The van der Waals surface area contributed by atoms with Crippen molar-refractivity contribution in [1.29, 1.82) is 0 Å². The number of hydrogen-bond donors (Lipinski definition) is 0. The largest absolute Gasteiger partial charge is 0.432 e. The summed E-state index contributed by atoms with van der Waals surface area (Å²) in [6.07, 6.45) is 5.57. The van der Waals surface area contributed by atoms with E-state index in [9.17, 15) is 17.6 Å². The van der Waals surface area contributed by atoms with Crippen molar-refractivity contribution in [2.24, 2.45) is 0 Å². The summed E-state index contributed by atoms with van der Waals surface area (Å²) in [5.74, 6) is -1.73. The third kappa shape index (κ3) is 4.30. The van der Waals surface area contributed by atoms with Gasteiger partial charge < -0.3 is 4.74 Å². The fraction of sp³-hybridized carbons (Fsp3) is 0.182. The molecule has 0 aromatic heterocycles. The predicted octanol–water partition coefficient (Wildman–Crippen LogP) is 6.90.